The van der Waals surface area contributed by atoms with Gasteiger partial charge < -0.3 is 18.7 Å². The van der Waals surface area contributed by atoms with Crippen LogP contribution in [0.4, 0.5) is 27.4 Å². The van der Waals surface area contributed by atoms with Crippen LogP contribution in [0.25, 0.3) is 0 Å². The van der Waals surface area contributed by atoms with Crippen molar-refractivity contribution in [1.82, 2.24) is 0 Å². The molecule has 0 aliphatic carbocycles. The standard InChI is InChI=1S/C6H4BF5N.K/c8-4-1-3(7(10,11)12)2-5(13)6(4)9;/h1-2H,13H2;/q-1;+1. The number of benzene rings is 1. The largest absolute Gasteiger partial charge is 1.00 e. The molecule has 14 heavy (non-hydrogen) atoms. The first-order chi connectivity index (χ1) is 5.82. The van der Waals surface area contributed by atoms with E-state index in [1.165, 1.54) is 0 Å². The van der Waals surface area contributed by atoms with E-state index in [0.717, 1.165) is 0 Å². The summed E-state index contributed by atoms with van der Waals surface area (Å²) in [6.45, 7) is -5.34. The SMILES string of the molecule is Nc1cc([B-](F)(F)F)cc(F)c1F.[K+]. The van der Waals surface area contributed by atoms with Gasteiger partial charge in [-0.25, -0.2) is 8.78 Å². The van der Waals surface area contributed by atoms with Crippen molar-refractivity contribution in [1.29, 1.82) is 0 Å². The van der Waals surface area contributed by atoms with Crippen LogP contribution < -0.4 is 62.6 Å². The average Bonchev–Trinajstić information content (AvgIpc) is 1.97. The Morgan fingerprint density at radius 2 is 1.57 bits per heavy atom. The molecule has 0 aliphatic rings. The smallest absolute Gasteiger partial charge is 0.445 e. The summed E-state index contributed by atoms with van der Waals surface area (Å²) < 4.78 is 60.9. The number of hydrogen-bond donors (Lipinski definition) is 1. The third-order valence-corrected chi connectivity index (χ3v) is 1.46. The first-order valence-corrected chi connectivity index (χ1v) is 3.26. The fourth-order valence-electron chi connectivity index (χ4n) is 0.821. The van der Waals surface area contributed by atoms with Gasteiger partial charge in [0, 0.05) is 0 Å². The minimum absolute atomic E-state index is 0. The van der Waals surface area contributed by atoms with Crippen LogP contribution in [0.5, 0.6) is 0 Å². The van der Waals surface area contributed by atoms with E-state index in [2.05, 4.69) is 0 Å². The molecular formula is C6H4BF5KN. The number of nitrogens with two attached hydrogens (primary N) is 1. The van der Waals surface area contributed by atoms with Gasteiger partial charge in [0.05, 0.1) is 5.69 Å². The zero-order chi connectivity index (χ0) is 10.2. The molecule has 0 spiro atoms. The van der Waals surface area contributed by atoms with E-state index in [1.54, 1.807) is 0 Å². The Hall–Kier alpha value is 0.371. The van der Waals surface area contributed by atoms with Gasteiger partial charge in [-0.05, 0) is 0 Å². The maximum Gasteiger partial charge on any atom is 1.00 e. The van der Waals surface area contributed by atoms with Crippen LogP contribution in [0.15, 0.2) is 12.1 Å². The molecule has 72 valence electrons. The molecule has 0 fully saturated rings. The second-order valence-corrected chi connectivity index (χ2v) is 2.48. The van der Waals surface area contributed by atoms with Crippen LogP contribution in [-0.4, -0.2) is 6.98 Å². The number of nitrogen functional groups attached to an aromatic ring is 1. The summed E-state index contributed by atoms with van der Waals surface area (Å²) in [4.78, 5) is 0. The molecule has 0 amide bonds. The van der Waals surface area contributed by atoms with E-state index >= 15 is 0 Å². The monoisotopic (exact) mass is 235 g/mol. The molecule has 0 atom stereocenters. The maximum absolute atomic E-state index is 12.4. The summed E-state index contributed by atoms with van der Waals surface area (Å²) in [5.74, 6) is -3.04. The van der Waals surface area contributed by atoms with Gasteiger partial charge in [0.2, 0.25) is 0 Å². The van der Waals surface area contributed by atoms with Crippen molar-refractivity contribution in [3.63, 3.8) is 0 Å². The molecule has 0 saturated heterocycles. The second kappa shape index (κ2) is 4.93. The van der Waals surface area contributed by atoms with E-state index in [4.69, 9.17) is 5.73 Å². The van der Waals surface area contributed by atoms with E-state index in [1.807, 2.05) is 0 Å². The van der Waals surface area contributed by atoms with Gasteiger partial charge in [-0.15, -0.1) is 5.46 Å². The van der Waals surface area contributed by atoms with E-state index in [9.17, 15) is 21.7 Å². The van der Waals surface area contributed by atoms with Crippen LogP contribution in [0.2, 0.25) is 0 Å². The summed E-state index contributed by atoms with van der Waals surface area (Å²) in [6, 6.07) is 0.462. The predicted molar refractivity (Wildman–Crippen MR) is 39.5 cm³/mol. The number of anilines is 1. The summed E-state index contributed by atoms with van der Waals surface area (Å²) in [6.07, 6.45) is 0. The van der Waals surface area contributed by atoms with E-state index in [-0.39, 0.29) is 57.5 Å². The van der Waals surface area contributed by atoms with Crippen molar-refractivity contribution < 1.29 is 73.1 Å². The van der Waals surface area contributed by atoms with Crippen molar-refractivity contribution in [2.24, 2.45) is 0 Å². The summed E-state index contributed by atoms with van der Waals surface area (Å²) in [5.41, 5.74) is 2.74. The fraction of sp³-hybridized carbons (Fsp3) is 0. The Morgan fingerprint density at radius 1 is 1.07 bits per heavy atom. The average molecular weight is 235 g/mol. The van der Waals surface area contributed by atoms with E-state index in [0.29, 0.717) is 6.07 Å². The van der Waals surface area contributed by atoms with Gasteiger partial charge in [0.25, 0.3) is 0 Å². The zero-order valence-electron chi connectivity index (χ0n) is 7.20. The number of halogens is 5. The molecule has 1 aromatic rings. The molecule has 0 saturated carbocycles. The number of hydrogen-bond acceptors (Lipinski definition) is 1. The van der Waals surface area contributed by atoms with Gasteiger partial charge in [0.15, 0.2) is 11.6 Å². The van der Waals surface area contributed by atoms with Crippen molar-refractivity contribution in [3.05, 3.63) is 23.8 Å². The minimum atomic E-state index is -5.34. The minimum Gasteiger partial charge on any atom is -0.445 e. The Bertz CT molecular complexity index is 316. The normalized spacial score (nSPS) is 10.9. The van der Waals surface area contributed by atoms with Crippen LogP contribution in [0.1, 0.15) is 0 Å². The first-order valence-electron chi connectivity index (χ1n) is 3.26. The summed E-state index contributed by atoms with van der Waals surface area (Å²) in [5, 5.41) is 0. The van der Waals surface area contributed by atoms with Gasteiger partial charge in [-0.3, -0.25) is 0 Å². The first kappa shape index (κ1) is 14.4. The van der Waals surface area contributed by atoms with Crippen LogP contribution in [-0.2, 0) is 0 Å². The Kier molecular flexibility index (Phi) is 5.06. The third-order valence-electron chi connectivity index (χ3n) is 1.46. The van der Waals surface area contributed by atoms with Crippen molar-refractivity contribution in [2.45, 2.75) is 0 Å². The summed E-state index contributed by atoms with van der Waals surface area (Å²) >= 11 is 0. The molecule has 0 aliphatic heterocycles. The molecule has 0 unspecified atom stereocenters. The second-order valence-electron chi connectivity index (χ2n) is 2.48. The van der Waals surface area contributed by atoms with E-state index < -0.39 is 29.8 Å². The molecule has 0 radical (unpaired) electrons. The van der Waals surface area contributed by atoms with Crippen molar-refractivity contribution in [3.8, 4) is 0 Å². The molecular weight excluding hydrogens is 231 g/mol. The van der Waals surface area contributed by atoms with Gasteiger partial charge in [0.1, 0.15) is 0 Å². The number of rotatable bonds is 1. The van der Waals surface area contributed by atoms with Crippen LogP contribution in [0.3, 0.4) is 0 Å². The topological polar surface area (TPSA) is 26.0 Å². The zero-order valence-corrected chi connectivity index (χ0v) is 10.3. The molecule has 1 nitrogen and oxygen atoms in total. The molecule has 8 heteroatoms. The fourth-order valence-corrected chi connectivity index (χ4v) is 0.821. The third kappa shape index (κ3) is 3.20. The Labute approximate surface area is 119 Å². The van der Waals surface area contributed by atoms with Crippen LogP contribution in [0, 0.1) is 11.6 Å². The molecule has 2 N–H and O–H groups in total. The Balaban J connectivity index is 0.00000169. The van der Waals surface area contributed by atoms with Gasteiger partial charge in [-0.1, -0.05) is 12.1 Å². The van der Waals surface area contributed by atoms with Crippen LogP contribution >= 0.6 is 0 Å². The maximum atomic E-state index is 12.4. The molecule has 0 heterocycles. The molecule has 1 aromatic carbocycles. The van der Waals surface area contributed by atoms with Gasteiger partial charge >= 0.3 is 58.4 Å². The quantitative estimate of drug-likeness (QED) is 0.362. The molecule has 1 rings (SSSR count). The molecule has 0 aromatic heterocycles. The Morgan fingerprint density at radius 3 is 1.93 bits per heavy atom. The molecule has 0 bridgehead atoms. The predicted octanol–water partition coefficient (Wildman–Crippen LogP) is -1.39. The summed E-state index contributed by atoms with van der Waals surface area (Å²) in [7, 11) is 0. The van der Waals surface area contributed by atoms with Gasteiger partial charge in [-0.2, -0.15) is 0 Å². The van der Waals surface area contributed by atoms with Crippen molar-refractivity contribution in [2.75, 3.05) is 5.73 Å². The van der Waals surface area contributed by atoms with Crippen molar-refractivity contribution >= 4 is 18.1 Å².